The molecule has 0 heterocycles. The summed E-state index contributed by atoms with van der Waals surface area (Å²) in [5.74, 6) is 0. The van der Waals surface area contributed by atoms with Gasteiger partial charge >= 0.3 is 0 Å². The summed E-state index contributed by atoms with van der Waals surface area (Å²) in [6.07, 6.45) is 13.6. The number of rotatable bonds is 3. The van der Waals surface area contributed by atoms with Gasteiger partial charge in [-0.1, -0.05) is 61.5 Å². The molecule has 20 heavy (non-hydrogen) atoms. The van der Waals surface area contributed by atoms with Crippen LogP contribution >= 0.6 is 0 Å². The fraction of sp³-hybridized carbons (Fsp3) is 0.200. The first-order valence-corrected chi connectivity index (χ1v) is 6.89. The molecule has 0 radical (unpaired) electrons. The summed E-state index contributed by atoms with van der Waals surface area (Å²) in [4.78, 5) is 0. The average molecular weight is 262 g/mol. The maximum absolute atomic E-state index is 4.00. The maximum atomic E-state index is 4.00. The van der Waals surface area contributed by atoms with Crippen molar-refractivity contribution in [1.29, 1.82) is 0 Å². The van der Waals surface area contributed by atoms with Crippen LogP contribution in [0.4, 0.5) is 0 Å². The van der Waals surface area contributed by atoms with E-state index >= 15 is 0 Å². The molecule has 102 valence electrons. The van der Waals surface area contributed by atoms with Gasteiger partial charge in [-0.25, -0.2) is 0 Å². The van der Waals surface area contributed by atoms with Gasteiger partial charge in [0.15, 0.2) is 0 Å². The molecule has 0 saturated heterocycles. The Morgan fingerprint density at radius 1 is 0.950 bits per heavy atom. The molecule has 2 aromatic carbocycles. The minimum Gasteiger partial charge on any atom is -0.124 e. The lowest BCUT2D eigenvalue weighted by Crippen LogP contribution is -1.91. The van der Waals surface area contributed by atoms with E-state index in [2.05, 4.69) is 88.2 Å². The van der Waals surface area contributed by atoms with Crippen molar-refractivity contribution in [2.45, 2.75) is 27.2 Å². The first kappa shape index (κ1) is 15.8. The second-order valence-electron chi connectivity index (χ2n) is 4.65. The zero-order valence-corrected chi connectivity index (χ0v) is 12.6. The highest BCUT2D eigenvalue weighted by molar-refractivity contribution is 5.73. The van der Waals surface area contributed by atoms with Crippen molar-refractivity contribution in [3.63, 3.8) is 0 Å². The Kier molecular flexibility index (Phi) is 6.33. The molecule has 0 heteroatoms. The molecule has 0 amide bonds. The number of hydrogen-bond donors (Lipinski definition) is 0. The lowest BCUT2D eigenvalue weighted by Gasteiger charge is -2.12. The van der Waals surface area contributed by atoms with E-state index in [0.717, 1.165) is 6.42 Å². The minimum absolute atomic E-state index is 1.08. The monoisotopic (exact) mass is 262 g/mol. The third kappa shape index (κ3) is 3.62. The highest BCUT2D eigenvalue weighted by Gasteiger charge is 2.06. The molecule has 0 spiro atoms. The molecule has 0 fully saturated rings. The summed E-state index contributed by atoms with van der Waals surface area (Å²) in [5.41, 5.74) is 6.69. The summed E-state index contributed by atoms with van der Waals surface area (Å²) in [7, 11) is 0. The van der Waals surface area contributed by atoms with E-state index in [1.165, 1.54) is 27.8 Å². The van der Waals surface area contributed by atoms with Crippen LogP contribution < -0.4 is 0 Å². The summed E-state index contributed by atoms with van der Waals surface area (Å²) in [6.45, 7) is 6.56. The van der Waals surface area contributed by atoms with E-state index in [1.54, 1.807) is 0 Å². The number of allylic oxidation sites excluding steroid dienone is 1. The van der Waals surface area contributed by atoms with Crippen molar-refractivity contribution in [1.82, 2.24) is 0 Å². The number of aryl methyl sites for hydroxylation is 1. The lowest BCUT2D eigenvalue weighted by molar-refractivity contribution is 1.23. The number of benzene rings is 2. The van der Waals surface area contributed by atoms with Gasteiger partial charge in [-0.05, 0) is 48.1 Å². The molecule has 0 aliphatic heterocycles. The van der Waals surface area contributed by atoms with Gasteiger partial charge in [0, 0.05) is 0 Å². The van der Waals surface area contributed by atoms with E-state index in [1.807, 2.05) is 0 Å². The lowest BCUT2D eigenvalue weighted by atomic mass is 9.93. The van der Waals surface area contributed by atoms with Gasteiger partial charge in [0.2, 0.25) is 0 Å². The van der Waals surface area contributed by atoms with Gasteiger partial charge in [-0.3, -0.25) is 0 Å². The van der Waals surface area contributed by atoms with E-state index in [4.69, 9.17) is 0 Å². The molecule has 0 aliphatic carbocycles. The van der Waals surface area contributed by atoms with Gasteiger partial charge < -0.3 is 0 Å². The van der Waals surface area contributed by atoms with Crippen LogP contribution in [-0.4, -0.2) is 0 Å². The highest BCUT2D eigenvalue weighted by Crippen LogP contribution is 2.28. The third-order valence-electron chi connectivity index (χ3n) is 3.34. The molecule has 0 saturated carbocycles. The normalized spacial score (nSPS) is 10.1. The molecule has 0 atom stereocenters. The van der Waals surface area contributed by atoms with E-state index < -0.39 is 0 Å². The highest BCUT2D eigenvalue weighted by atomic mass is 14.1. The predicted octanol–water partition coefficient (Wildman–Crippen LogP) is 5.64. The smallest absolute Gasteiger partial charge is 0.0149 e. The van der Waals surface area contributed by atoms with Crippen LogP contribution in [0.15, 0.2) is 48.5 Å². The minimum atomic E-state index is 1.08. The Morgan fingerprint density at radius 3 is 2.20 bits per heavy atom. The summed E-state index contributed by atoms with van der Waals surface area (Å²) in [5, 5.41) is 0. The van der Waals surface area contributed by atoms with Crippen LogP contribution in [0.2, 0.25) is 0 Å². The predicted molar refractivity (Wildman–Crippen MR) is 90.6 cm³/mol. The van der Waals surface area contributed by atoms with Gasteiger partial charge in [0.05, 0.1) is 0 Å². The zero-order chi connectivity index (χ0) is 15.0. The first-order chi connectivity index (χ1) is 9.74. The Labute approximate surface area is 123 Å². The van der Waals surface area contributed by atoms with Crippen LogP contribution in [-0.2, 0) is 0 Å². The Hall–Kier alpha value is -2.26. The van der Waals surface area contributed by atoms with E-state index in [9.17, 15) is 0 Å². The molecule has 0 nitrogen and oxygen atoms in total. The third-order valence-corrected chi connectivity index (χ3v) is 3.34. The molecule has 0 aromatic heterocycles. The van der Waals surface area contributed by atoms with Gasteiger partial charge in [0.1, 0.15) is 0 Å². The second-order valence-corrected chi connectivity index (χ2v) is 4.65. The molecule has 0 N–H and O–H groups in total. The van der Waals surface area contributed by atoms with Crippen LogP contribution in [0.1, 0.15) is 30.0 Å². The van der Waals surface area contributed by atoms with Crippen LogP contribution in [0.5, 0.6) is 0 Å². The van der Waals surface area contributed by atoms with Crippen LogP contribution in [0, 0.1) is 26.7 Å². The summed E-state index contributed by atoms with van der Waals surface area (Å²) < 4.78 is 0. The largest absolute Gasteiger partial charge is 0.124 e. The Morgan fingerprint density at radius 2 is 1.60 bits per heavy atom. The number of terminal acetylenes is 1. The standard InChI is InChI=1S/C18H20.C2H2/c1-4-5-11-17-14(2)12-13-18(15(17)3)16-9-7-6-8-10-16;1-2/h5-13H,4H2,1-3H3;1-2H/b11-5-;. The van der Waals surface area contributed by atoms with Crippen LogP contribution in [0.25, 0.3) is 17.2 Å². The van der Waals surface area contributed by atoms with E-state index in [-0.39, 0.29) is 0 Å². The molecule has 2 rings (SSSR count). The SMILES string of the molecule is C#C.CC/C=C\c1c(C)ccc(-c2ccccc2)c1C. The van der Waals surface area contributed by atoms with Crippen molar-refractivity contribution < 1.29 is 0 Å². The fourth-order valence-electron chi connectivity index (χ4n) is 2.29. The number of hydrogen-bond acceptors (Lipinski definition) is 0. The molecule has 0 aliphatic rings. The molecular weight excluding hydrogens is 240 g/mol. The molecular formula is C20H22. The van der Waals surface area contributed by atoms with Crippen molar-refractivity contribution >= 4 is 6.08 Å². The maximum Gasteiger partial charge on any atom is -0.0149 e. The zero-order valence-electron chi connectivity index (χ0n) is 12.6. The van der Waals surface area contributed by atoms with Crippen molar-refractivity contribution in [2.75, 3.05) is 0 Å². The van der Waals surface area contributed by atoms with Gasteiger partial charge in [-0.2, -0.15) is 0 Å². The van der Waals surface area contributed by atoms with Crippen LogP contribution in [0.3, 0.4) is 0 Å². The molecule has 2 aromatic rings. The van der Waals surface area contributed by atoms with Gasteiger partial charge in [0.25, 0.3) is 0 Å². The molecule has 0 unspecified atom stereocenters. The van der Waals surface area contributed by atoms with Crippen molar-refractivity contribution in [2.24, 2.45) is 0 Å². The topological polar surface area (TPSA) is 0 Å². The van der Waals surface area contributed by atoms with E-state index in [0.29, 0.717) is 0 Å². The summed E-state index contributed by atoms with van der Waals surface area (Å²) >= 11 is 0. The van der Waals surface area contributed by atoms with Crippen molar-refractivity contribution in [3.05, 3.63) is 65.2 Å². The second kappa shape index (κ2) is 8.02. The fourth-order valence-corrected chi connectivity index (χ4v) is 2.29. The Balaban J connectivity index is 0.000000956. The molecule has 0 bridgehead atoms. The Bertz CT molecular complexity index is 586. The van der Waals surface area contributed by atoms with Crippen molar-refractivity contribution in [3.8, 4) is 24.0 Å². The summed E-state index contributed by atoms with van der Waals surface area (Å²) in [6, 6.07) is 15.0. The first-order valence-electron chi connectivity index (χ1n) is 6.89. The quantitative estimate of drug-likeness (QED) is 0.628. The average Bonchev–Trinajstić information content (AvgIpc) is 2.50. The van der Waals surface area contributed by atoms with Gasteiger partial charge in [-0.15, -0.1) is 12.8 Å².